The molecule has 0 amide bonds. The molecule has 5 aromatic heterocycles. The van der Waals surface area contributed by atoms with E-state index in [4.69, 9.17) is 11.6 Å². The summed E-state index contributed by atoms with van der Waals surface area (Å²) in [5, 5.41) is 15.3. The molecule has 0 spiro atoms. The lowest BCUT2D eigenvalue weighted by Crippen LogP contribution is -2.16. The quantitative estimate of drug-likeness (QED) is 0.162. The number of ether oxygens (including phenoxy) is 1. The number of aromatic nitrogens is 8. The Hall–Kier alpha value is -5.20. The highest BCUT2D eigenvalue weighted by Crippen LogP contribution is 2.21. The van der Waals surface area contributed by atoms with Gasteiger partial charge < -0.3 is 4.74 Å². The van der Waals surface area contributed by atoms with Gasteiger partial charge in [-0.3, -0.25) is 23.8 Å². The molecular weight excluding hydrogens is 802 g/mol. The van der Waals surface area contributed by atoms with E-state index in [2.05, 4.69) is 108 Å². The van der Waals surface area contributed by atoms with Crippen LogP contribution in [0.15, 0.2) is 82.9 Å². The molecule has 6 aromatic rings. The number of nitrogens with zero attached hydrogens (tertiary/aromatic N) is 9. The summed E-state index contributed by atoms with van der Waals surface area (Å²) >= 11 is 7.32. The highest BCUT2D eigenvalue weighted by molar-refractivity contribution is 7.10. The minimum absolute atomic E-state index is 0.234. The zero-order valence-electron chi connectivity index (χ0n) is 39.8. The number of aliphatic imine (C=N–C) groups is 1. The van der Waals surface area contributed by atoms with Gasteiger partial charge in [-0.1, -0.05) is 50.9 Å². The molecule has 1 aliphatic heterocycles. The first-order valence-corrected chi connectivity index (χ1v) is 21.5. The molecular formula is C48H70ClN9O2S. The Morgan fingerprint density at radius 2 is 1.28 bits per heavy atom. The van der Waals surface area contributed by atoms with Crippen LogP contribution >= 0.6 is 22.9 Å². The lowest BCUT2D eigenvalue weighted by atomic mass is 9.90. The van der Waals surface area contributed by atoms with Gasteiger partial charge in [0.1, 0.15) is 12.4 Å². The maximum atomic E-state index is 9.79. The van der Waals surface area contributed by atoms with Crippen molar-refractivity contribution < 1.29 is 9.53 Å². The molecule has 0 aliphatic carbocycles. The summed E-state index contributed by atoms with van der Waals surface area (Å²) in [6.45, 7) is 30.7. The van der Waals surface area contributed by atoms with Crippen LogP contribution in [0.4, 0.5) is 0 Å². The maximum absolute atomic E-state index is 9.79. The smallest absolute Gasteiger partial charge is 0.293 e. The van der Waals surface area contributed by atoms with Gasteiger partial charge in [0.2, 0.25) is 0 Å². The van der Waals surface area contributed by atoms with E-state index < -0.39 is 0 Å². The van der Waals surface area contributed by atoms with Crippen LogP contribution in [-0.4, -0.2) is 58.0 Å². The molecule has 61 heavy (non-hydrogen) atoms. The normalized spacial score (nSPS) is 11.1. The van der Waals surface area contributed by atoms with Crippen LogP contribution in [0.1, 0.15) is 96.2 Å². The molecule has 1 aromatic carbocycles. The van der Waals surface area contributed by atoms with Gasteiger partial charge in [-0.05, 0) is 146 Å². The molecule has 1 aliphatic rings. The maximum Gasteiger partial charge on any atom is 0.293 e. The van der Waals surface area contributed by atoms with Crippen LogP contribution < -0.4 is 0 Å². The standard InChI is InChI=1S/C9H15N.C8H9Cl.C7H12N2.C7H8O2S.2C6H10N2.C5H6N2/c1-7-5-8(10-6-7)9(2,3)4;1-6-3-4-8(9)5-7(6)2;1-4-7-5-6(2)8-9(7)3;1-6-2-3-10-7(6)4-9-5-8;2*1-5-4-6(2)8(3)7-5;1-5-6-3-2-4-7-5/h5H,6H2,1-4H3;3-5H,1-2H3;5H,4H2,1-3H3;2-3,5H,4H2,1H3;2*4H,1-3H3;2-4H,1H3. The molecule has 0 atom stereocenters. The predicted octanol–water partition coefficient (Wildman–Crippen LogP) is 11.3. The van der Waals surface area contributed by atoms with Crippen LogP contribution in [0.25, 0.3) is 0 Å². The van der Waals surface area contributed by atoms with Gasteiger partial charge in [-0.25, -0.2) is 9.97 Å². The molecule has 0 saturated carbocycles. The highest BCUT2D eigenvalue weighted by atomic mass is 35.5. The van der Waals surface area contributed by atoms with E-state index in [1.54, 1.807) is 29.8 Å². The van der Waals surface area contributed by atoms with Gasteiger partial charge >= 0.3 is 0 Å². The second-order valence-electron chi connectivity index (χ2n) is 15.8. The third kappa shape index (κ3) is 22.3. The lowest BCUT2D eigenvalue weighted by Gasteiger charge is -2.16. The topological polar surface area (TPSA) is 118 Å². The zero-order valence-corrected chi connectivity index (χ0v) is 41.3. The van der Waals surface area contributed by atoms with Crippen LogP contribution in [-0.2, 0) is 43.7 Å². The Morgan fingerprint density at radius 1 is 0.738 bits per heavy atom. The van der Waals surface area contributed by atoms with Gasteiger partial charge in [0.05, 0.1) is 23.6 Å². The van der Waals surface area contributed by atoms with E-state index in [-0.39, 0.29) is 5.41 Å². The van der Waals surface area contributed by atoms with Gasteiger partial charge in [0.25, 0.3) is 6.47 Å². The second-order valence-corrected chi connectivity index (χ2v) is 17.2. The lowest BCUT2D eigenvalue weighted by molar-refractivity contribution is -0.129. The van der Waals surface area contributed by atoms with Crippen LogP contribution in [0.5, 0.6) is 0 Å². The number of halogens is 1. The van der Waals surface area contributed by atoms with Crippen molar-refractivity contribution in [1.82, 2.24) is 39.3 Å². The third-order valence-corrected chi connectivity index (χ3v) is 10.2. The number of carbonyl (C=O) groups excluding carboxylic acids is 1. The van der Waals surface area contributed by atoms with E-state index in [9.17, 15) is 4.79 Å². The van der Waals surface area contributed by atoms with E-state index in [0.717, 1.165) is 45.8 Å². The van der Waals surface area contributed by atoms with Gasteiger partial charge in [-0.15, -0.1) is 11.3 Å². The molecule has 6 heterocycles. The third-order valence-electron chi connectivity index (χ3n) is 9.00. The second kappa shape index (κ2) is 27.6. The number of thiophene rings is 1. The molecule has 7 rings (SSSR count). The number of benzene rings is 1. The minimum atomic E-state index is 0.234. The van der Waals surface area contributed by atoms with E-state index in [1.165, 1.54) is 45.1 Å². The van der Waals surface area contributed by atoms with Crippen LogP contribution in [0.3, 0.4) is 0 Å². The van der Waals surface area contributed by atoms with Crippen LogP contribution in [0.2, 0.25) is 5.02 Å². The van der Waals surface area contributed by atoms with Crippen molar-refractivity contribution >= 4 is 35.1 Å². The first kappa shape index (κ1) is 53.8. The molecule has 11 nitrogen and oxygen atoms in total. The predicted molar refractivity (Wildman–Crippen MR) is 256 cm³/mol. The first-order chi connectivity index (χ1) is 28.6. The average molecular weight is 873 g/mol. The van der Waals surface area contributed by atoms with Gasteiger partial charge in [0, 0.05) is 71.6 Å². The fraction of sp³-hybridized carbons (Fsp3) is 0.438. The molecule has 0 N–H and O–H groups in total. The summed E-state index contributed by atoms with van der Waals surface area (Å²) in [5.74, 6) is 0.822. The number of carbonyl (C=O) groups is 1. The Kier molecular flexibility index (Phi) is 24.4. The van der Waals surface area contributed by atoms with Gasteiger partial charge in [-0.2, -0.15) is 15.3 Å². The molecule has 0 bridgehead atoms. The van der Waals surface area contributed by atoms with Crippen molar-refractivity contribution in [3.63, 3.8) is 0 Å². The molecule has 332 valence electrons. The van der Waals surface area contributed by atoms with Crippen molar-refractivity contribution in [3.8, 4) is 0 Å². The van der Waals surface area contributed by atoms with E-state index in [0.29, 0.717) is 13.1 Å². The number of hydrogen-bond acceptors (Lipinski definition) is 9. The molecule has 0 unspecified atom stereocenters. The summed E-state index contributed by atoms with van der Waals surface area (Å²) in [4.78, 5) is 23.1. The Morgan fingerprint density at radius 3 is 1.54 bits per heavy atom. The monoisotopic (exact) mass is 872 g/mol. The Balaban J connectivity index is 0.000000357. The fourth-order valence-electron chi connectivity index (χ4n) is 5.20. The number of aryl methyl sites for hydroxylation is 13. The van der Waals surface area contributed by atoms with Crippen molar-refractivity contribution in [2.45, 2.75) is 110 Å². The molecule has 13 heteroatoms. The Labute approximate surface area is 375 Å². The van der Waals surface area contributed by atoms with Crippen molar-refractivity contribution in [2.24, 2.45) is 31.6 Å². The first-order valence-electron chi connectivity index (χ1n) is 20.3. The van der Waals surface area contributed by atoms with E-state index in [1.807, 2.05) is 113 Å². The molecule has 0 radical (unpaired) electrons. The highest BCUT2D eigenvalue weighted by Gasteiger charge is 2.19. The molecule has 0 fully saturated rings. The zero-order chi connectivity index (χ0) is 46.3. The van der Waals surface area contributed by atoms with Crippen molar-refractivity contribution in [1.29, 1.82) is 0 Å². The number of allylic oxidation sites excluding steroid dienone is 1. The summed E-state index contributed by atoms with van der Waals surface area (Å²) in [5.41, 5.74) is 13.6. The summed E-state index contributed by atoms with van der Waals surface area (Å²) in [6, 6.07) is 15.9. The van der Waals surface area contributed by atoms with Crippen molar-refractivity contribution in [2.75, 3.05) is 6.54 Å². The van der Waals surface area contributed by atoms with Gasteiger partial charge in [0.15, 0.2) is 0 Å². The SMILES string of the molecule is CC1=CC(C(C)(C)C)=NC1.CCc1cc(C)nn1C.Cc1cc(C)n(C)n1.Cc1cc(C)n(C)n1.Cc1ccc(Cl)cc1C.Cc1ccsc1COC=O.Cc1ncccn1. The largest absolute Gasteiger partial charge is 0.462 e. The average Bonchev–Trinajstić information content (AvgIpc) is 4.01. The van der Waals surface area contributed by atoms with E-state index >= 15 is 0 Å². The minimum Gasteiger partial charge on any atom is -0.462 e. The number of rotatable bonds is 4. The summed E-state index contributed by atoms with van der Waals surface area (Å²) in [7, 11) is 5.87. The fourth-order valence-corrected chi connectivity index (χ4v) is 6.26. The number of hydrogen-bond donors (Lipinski definition) is 0. The van der Waals surface area contributed by atoms with Crippen LogP contribution in [0, 0.1) is 67.7 Å². The molecule has 0 saturated heterocycles. The summed E-state index contributed by atoms with van der Waals surface area (Å²) in [6.07, 6.45) is 6.71. The van der Waals surface area contributed by atoms with Crippen molar-refractivity contribution in [3.05, 3.63) is 145 Å². The Bertz CT molecular complexity index is 2160. The summed E-state index contributed by atoms with van der Waals surface area (Å²) < 4.78 is 10.3.